The maximum absolute atomic E-state index is 6.12. The molecule has 1 rings (SSSR count). The Labute approximate surface area is 142 Å². The van der Waals surface area contributed by atoms with Crippen molar-refractivity contribution in [2.24, 2.45) is 0 Å². The summed E-state index contributed by atoms with van der Waals surface area (Å²) in [6, 6.07) is 4.14. The van der Waals surface area contributed by atoms with Crippen molar-refractivity contribution in [3.63, 3.8) is 0 Å². The van der Waals surface area contributed by atoms with Gasteiger partial charge in [0.1, 0.15) is 11.5 Å². The van der Waals surface area contributed by atoms with E-state index >= 15 is 0 Å². The van der Waals surface area contributed by atoms with Crippen molar-refractivity contribution < 1.29 is 14.2 Å². The Hall–Kier alpha value is -1.22. The Balaban J connectivity index is 3.37. The molecule has 0 atom stereocenters. The summed E-state index contributed by atoms with van der Waals surface area (Å²) >= 11 is 0. The molecule has 1 aromatic rings. The molecule has 3 heteroatoms. The number of benzene rings is 1. The molecule has 0 aliphatic rings. The van der Waals surface area contributed by atoms with Crippen molar-refractivity contribution >= 4 is 0 Å². The Bertz CT molecular complexity index is 490. The van der Waals surface area contributed by atoms with Gasteiger partial charge < -0.3 is 14.2 Å². The summed E-state index contributed by atoms with van der Waals surface area (Å²) in [6.45, 7) is 19.4. The molecule has 0 saturated carbocycles. The minimum absolute atomic E-state index is 0.0500. The standard InChI is InChI=1S/C20H34O3/c1-18(2,3)15-11-14(21-10)12-16(19(4,5)6)17(15)22-13-23-20(7,8)9/h11-12H,13H2,1-10H3. The maximum atomic E-state index is 6.12. The molecule has 0 saturated heterocycles. The average Bonchev–Trinajstić information content (AvgIpc) is 2.34. The molecule has 0 unspecified atom stereocenters. The summed E-state index contributed by atoms with van der Waals surface area (Å²) in [5, 5.41) is 0. The van der Waals surface area contributed by atoms with Gasteiger partial charge in [-0.15, -0.1) is 0 Å². The van der Waals surface area contributed by atoms with Gasteiger partial charge in [-0.05, 0) is 43.7 Å². The SMILES string of the molecule is COc1cc(C(C)(C)C)c(OCOC(C)(C)C)c(C(C)(C)C)c1. The van der Waals surface area contributed by atoms with Crippen LogP contribution < -0.4 is 9.47 Å². The zero-order chi connectivity index (χ0) is 18.1. The first-order chi connectivity index (χ1) is 10.3. The van der Waals surface area contributed by atoms with Crippen molar-refractivity contribution in [2.75, 3.05) is 13.9 Å². The molecule has 0 aliphatic carbocycles. The molecule has 0 fully saturated rings. The van der Waals surface area contributed by atoms with E-state index in [1.54, 1.807) is 7.11 Å². The molecule has 23 heavy (non-hydrogen) atoms. The summed E-state index contributed by atoms with van der Waals surface area (Å²) in [5.74, 6) is 1.78. The zero-order valence-electron chi connectivity index (χ0n) is 16.6. The highest BCUT2D eigenvalue weighted by Crippen LogP contribution is 2.42. The van der Waals surface area contributed by atoms with E-state index in [0.29, 0.717) is 0 Å². The minimum Gasteiger partial charge on any atom is -0.497 e. The van der Waals surface area contributed by atoms with Crippen LogP contribution in [0.5, 0.6) is 11.5 Å². The summed E-state index contributed by atoms with van der Waals surface area (Å²) in [4.78, 5) is 0. The molecule has 0 bridgehead atoms. The molecule has 132 valence electrons. The Morgan fingerprint density at radius 3 is 1.52 bits per heavy atom. The quantitative estimate of drug-likeness (QED) is 0.691. The third-order valence-corrected chi connectivity index (χ3v) is 3.61. The second-order valence-electron chi connectivity index (χ2n) is 9.07. The summed E-state index contributed by atoms with van der Waals surface area (Å²) in [6.07, 6.45) is 0. The number of methoxy groups -OCH3 is 1. The smallest absolute Gasteiger partial charge is 0.189 e. The van der Waals surface area contributed by atoms with Crippen LogP contribution in [0.25, 0.3) is 0 Å². The van der Waals surface area contributed by atoms with E-state index in [-0.39, 0.29) is 23.2 Å². The van der Waals surface area contributed by atoms with E-state index < -0.39 is 0 Å². The number of hydrogen-bond donors (Lipinski definition) is 0. The van der Waals surface area contributed by atoms with Gasteiger partial charge in [-0.25, -0.2) is 0 Å². The lowest BCUT2D eigenvalue weighted by atomic mass is 9.79. The van der Waals surface area contributed by atoms with Gasteiger partial charge in [-0.3, -0.25) is 0 Å². The van der Waals surface area contributed by atoms with E-state index in [4.69, 9.17) is 14.2 Å². The summed E-state index contributed by atoms with van der Waals surface area (Å²) in [7, 11) is 1.71. The molecule has 3 nitrogen and oxygen atoms in total. The van der Waals surface area contributed by atoms with Crippen LogP contribution in [0.2, 0.25) is 0 Å². The fourth-order valence-electron chi connectivity index (χ4n) is 2.26. The van der Waals surface area contributed by atoms with Crippen LogP contribution in [0.1, 0.15) is 73.4 Å². The van der Waals surface area contributed by atoms with Crippen molar-refractivity contribution in [2.45, 2.75) is 78.7 Å². The van der Waals surface area contributed by atoms with Gasteiger partial charge in [0.25, 0.3) is 0 Å². The second-order valence-corrected chi connectivity index (χ2v) is 9.07. The fraction of sp³-hybridized carbons (Fsp3) is 0.700. The summed E-state index contributed by atoms with van der Waals surface area (Å²) < 4.78 is 17.4. The van der Waals surface area contributed by atoms with Crippen LogP contribution in [0.3, 0.4) is 0 Å². The van der Waals surface area contributed by atoms with E-state index in [0.717, 1.165) is 22.6 Å². The number of rotatable bonds is 4. The number of hydrogen-bond acceptors (Lipinski definition) is 3. The Morgan fingerprint density at radius 1 is 0.783 bits per heavy atom. The van der Waals surface area contributed by atoms with Crippen LogP contribution in [0.4, 0.5) is 0 Å². The molecule has 0 N–H and O–H groups in total. The van der Waals surface area contributed by atoms with Crippen molar-refractivity contribution in [3.05, 3.63) is 23.3 Å². The number of ether oxygens (including phenoxy) is 3. The highest BCUT2D eigenvalue weighted by atomic mass is 16.7. The van der Waals surface area contributed by atoms with Gasteiger partial charge in [0.05, 0.1) is 12.7 Å². The van der Waals surface area contributed by atoms with Crippen molar-refractivity contribution in [1.29, 1.82) is 0 Å². The van der Waals surface area contributed by atoms with Gasteiger partial charge in [0.2, 0.25) is 0 Å². The molecule has 0 spiro atoms. The first-order valence-electron chi connectivity index (χ1n) is 8.25. The molecular formula is C20H34O3. The largest absolute Gasteiger partial charge is 0.497 e. The third-order valence-electron chi connectivity index (χ3n) is 3.61. The van der Waals surface area contributed by atoms with Gasteiger partial charge in [0.15, 0.2) is 6.79 Å². The maximum Gasteiger partial charge on any atom is 0.189 e. The van der Waals surface area contributed by atoms with Gasteiger partial charge >= 0.3 is 0 Å². The zero-order valence-corrected chi connectivity index (χ0v) is 16.6. The topological polar surface area (TPSA) is 27.7 Å². The minimum atomic E-state index is -0.226. The van der Waals surface area contributed by atoms with Crippen LogP contribution in [0.15, 0.2) is 12.1 Å². The molecule has 0 radical (unpaired) electrons. The Kier molecular flexibility index (Phi) is 5.79. The molecule has 0 aliphatic heterocycles. The average molecular weight is 322 g/mol. The van der Waals surface area contributed by atoms with Gasteiger partial charge in [0, 0.05) is 11.1 Å². The first-order valence-corrected chi connectivity index (χ1v) is 8.25. The normalized spacial score (nSPS) is 13.1. The van der Waals surface area contributed by atoms with Crippen LogP contribution in [-0.4, -0.2) is 19.5 Å². The van der Waals surface area contributed by atoms with Crippen LogP contribution >= 0.6 is 0 Å². The molecular weight excluding hydrogens is 288 g/mol. The second kappa shape index (κ2) is 6.72. The highest BCUT2D eigenvalue weighted by molar-refractivity contribution is 5.52. The monoisotopic (exact) mass is 322 g/mol. The van der Waals surface area contributed by atoms with Crippen molar-refractivity contribution in [1.82, 2.24) is 0 Å². The summed E-state index contributed by atoms with van der Waals surface area (Å²) in [5.41, 5.74) is 1.95. The predicted octanol–water partition coefficient (Wildman–Crippen LogP) is 5.44. The lowest BCUT2D eigenvalue weighted by molar-refractivity contribution is -0.0768. The third kappa shape index (κ3) is 5.72. The molecule has 0 heterocycles. The van der Waals surface area contributed by atoms with E-state index in [1.807, 2.05) is 20.8 Å². The van der Waals surface area contributed by atoms with Gasteiger partial charge in [-0.1, -0.05) is 41.5 Å². The van der Waals surface area contributed by atoms with Crippen LogP contribution in [0, 0.1) is 0 Å². The predicted molar refractivity (Wildman–Crippen MR) is 96.7 cm³/mol. The first kappa shape index (κ1) is 19.8. The highest BCUT2D eigenvalue weighted by Gasteiger charge is 2.28. The lowest BCUT2D eigenvalue weighted by Gasteiger charge is -2.31. The lowest BCUT2D eigenvalue weighted by Crippen LogP contribution is -2.25. The van der Waals surface area contributed by atoms with E-state index in [1.165, 1.54) is 0 Å². The van der Waals surface area contributed by atoms with Crippen LogP contribution in [-0.2, 0) is 15.6 Å². The fourth-order valence-corrected chi connectivity index (χ4v) is 2.26. The molecule has 0 amide bonds. The Morgan fingerprint density at radius 2 is 1.22 bits per heavy atom. The van der Waals surface area contributed by atoms with E-state index in [9.17, 15) is 0 Å². The molecule has 1 aromatic carbocycles. The van der Waals surface area contributed by atoms with Crippen molar-refractivity contribution in [3.8, 4) is 11.5 Å². The van der Waals surface area contributed by atoms with E-state index in [2.05, 4.69) is 53.7 Å². The molecule has 0 aromatic heterocycles. The van der Waals surface area contributed by atoms with Gasteiger partial charge in [-0.2, -0.15) is 0 Å².